The lowest BCUT2D eigenvalue weighted by Gasteiger charge is -2.20. The summed E-state index contributed by atoms with van der Waals surface area (Å²) in [4.78, 5) is 26.3. The van der Waals surface area contributed by atoms with Crippen molar-refractivity contribution < 1.29 is 29.6 Å². The molecule has 0 amide bonds. The van der Waals surface area contributed by atoms with Crippen LogP contribution in [0.15, 0.2) is 11.0 Å². The molecule has 2 rings (SSSR count). The highest BCUT2D eigenvalue weighted by atomic mass is 16.6. The minimum absolute atomic E-state index is 0.380. The van der Waals surface area contributed by atoms with Gasteiger partial charge in [-0.2, -0.15) is 4.98 Å². The van der Waals surface area contributed by atoms with Gasteiger partial charge in [-0.3, -0.25) is 4.57 Å². The quantitative estimate of drug-likeness (QED) is 0.484. The molecule has 1 fully saturated rings. The van der Waals surface area contributed by atoms with Gasteiger partial charge in [-0.15, -0.1) is 0 Å². The molecule has 2 heterocycles. The topological polar surface area (TPSA) is 157 Å². The number of carbonyl (C=O) groups is 1. The Morgan fingerprint density at radius 2 is 2.29 bits per heavy atom. The van der Waals surface area contributed by atoms with E-state index in [0.29, 0.717) is 0 Å². The maximum atomic E-state index is 11.9. The Bertz CT molecular complexity index is 602. The number of anilines is 1. The fourth-order valence-corrected chi connectivity index (χ4v) is 2.18. The average molecular weight is 301 g/mol. The Morgan fingerprint density at radius 1 is 1.62 bits per heavy atom. The van der Waals surface area contributed by atoms with Crippen LogP contribution in [0.3, 0.4) is 0 Å². The average Bonchev–Trinajstić information content (AvgIpc) is 2.74. The molecule has 21 heavy (non-hydrogen) atoms. The number of nitrogens with zero attached hydrogens (tertiary/aromatic N) is 2. The predicted octanol–water partition coefficient (Wildman–Crippen LogP) is -2.21. The zero-order chi connectivity index (χ0) is 15.7. The van der Waals surface area contributed by atoms with Crippen molar-refractivity contribution in [2.24, 2.45) is 0 Å². The molecule has 1 aromatic heterocycles. The maximum Gasteiger partial charge on any atom is 0.351 e. The van der Waals surface area contributed by atoms with Crippen molar-refractivity contribution >= 4 is 11.8 Å². The molecule has 0 saturated carbocycles. The summed E-state index contributed by atoms with van der Waals surface area (Å²) in [5.41, 5.74) is 4.14. The van der Waals surface area contributed by atoms with Gasteiger partial charge in [-0.1, -0.05) is 0 Å². The van der Waals surface area contributed by atoms with Gasteiger partial charge in [0.15, 0.2) is 6.23 Å². The van der Waals surface area contributed by atoms with Crippen molar-refractivity contribution in [1.29, 1.82) is 0 Å². The summed E-state index contributed by atoms with van der Waals surface area (Å²) in [6, 6.07) is 0. The van der Waals surface area contributed by atoms with Crippen molar-refractivity contribution in [2.75, 3.05) is 19.5 Å². The fourth-order valence-electron chi connectivity index (χ4n) is 2.18. The Kier molecular flexibility index (Phi) is 4.23. The number of nitrogens with two attached hydrogens (primary N) is 1. The number of nitrogen functional groups attached to an aromatic ring is 1. The molecule has 10 nitrogen and oxygen atoms in total. The van der Waals surface area contributed by atoms with E-state index in [-0.39, 0.29) is 5.56 Å². The van der Waals surface area contributed by atoms with Gasteiger partial charge in [0.1, 0.15) is 29.7 Å². The number of carboxylic acid groups (broad SMARTS) is 1. The van der Waals surface area contributed by atoms with Crippen LogP contribution in [-0.4, -0.2) is 62.9 Å². The molecule has 0 aromatic carbocycles. The first-order valence-electron chi connectivity index (χ1n) is 5.99. The monoisotopic (exact) mass is 301 g/mol. The van der Waals surface area contributed by atoms with Crippen LogP contribution >= 0.6 is 0 Å². The van der Waals surface area contributed by atoms with Gasteiger partial charge in [0.2, 0.25) is 0 Å². The normalized spacial score (nSPS) is 28.7. The second-order valence-corrected chi connectivity index (χ2v) is 4.47. The number of carboxylic acids is 1. The highest BCUT2D eigenvalue weighted by molar-refractivity contribution is 5.92. The van der Waals surface area contributed by atoms with Gasteiger partial charge in [0, 0.05) is 13.3 Å². The lowest BCUT2D eigenvalue weighted by atomic mass is 10.1. The molecule has 1 aliphatic rings. The van der Waals surface area contributed by atoms with E-state index < -0.39 is 48.6 Å². The van der Waals surface area contributed by atoms with Gasteiger partial charge in [0.05, 0.1) is 6.61 Å². The van der Waals surface area contributed by atoms with Gasteiger partial charge in [-0.05, 0) is 0 Å². The molecule has 0 unspecified atom stereocenters. The van der Waals surface area contributed by atoms with Crippen molar-refractivity contribution in [2.45, 2.75) is 24.5 Å². The maximum absolute atomic E-state index is 11.9. The number of hydrogen-bond acceptors (Lipinski definition) is 8. The number of aromatic carboxylic acids is 1. The number of ether oxygens (including phenoxy) is 2. The highest BCUT2D eigenvalue weighted by Gasteiger charge is 2.45. The second kappa shape index (κ2) is 5.77. The van der Waals surface area contributed by atoms with E-state index in [1.165, 1.54) is 7.11 Å². The third-order valence-electron chi connectivity index (χ3n) is 3.25. The van der Waals surface area contributed by atoms with E-state index in [9.17, 15) is 14.7 Å². The molecule has 0 spiro atoms. The molecule has 0 bridgehead atoms. The predicted molar refractivity (Wildman–Crippen MR) is 67.7 cm³/mol. The minimum Gasteiger partial charge on any atom is -0.478 e. The molecule has 4 atom stereocenters. The number of methoxy groups -OCH3 is 1. The first-order chi connectivity index (χ1) is 9.90. The molecular weight excluding hydrogens is 286 g/mol. The minimum atomic E-state index is -1.36. The summed E-state index contributed by atoms with van der Waals surface area (Å²) in [5, 5.41) is 28.0. The zero-order valence-corrected chi connectivity index (χ0v) is 11.0. The summed E-state index contributed by atoms with van der Waals surface area (Å²) in [6.45, 7) is -0.486. The Balaban J connectivity index is 2.48. The van der Waals surface area contributed by atoms with Crippen LogP contribution in [0.1, 0.15) is 16.6 Å². The first kappa shape index (κ1) is 15.4. The second-order valence-electron chi connectivity index (χ2n) is 4.47. The van der Waals surface area contributed by atoms with E-state index in [1.807, 2.05) is 0 Å². The van der Waals surface area contributed by atoms with E-state index in [2.05, 4.69) is 4.98 Å². The van der Waals surface area contributed by atoms with Crippen molar-refractivity contribution in [3.05, 3.63) is 22.2 Å². The fraction of sp³-hybridized carbons (Fsp3) is 0.545. The van der Waals surface area contributed by atoms with E-state index in [0.717, 1.165) is 10.8 Å². The van der Waals surface area contributed by atoms with Crippen LogP contribution in [0.2, 0.25) is 0 Å². The number of aliphatic hydroxyl groups is 2. The highest BCUT2D eigenvalue weighted by Crippen LogP contribution is 2.30. The summed E-state index contributed by atoms with van der Waals surface area (Å²) in [6.07, 6.45) is -3.26. The number of rotatable bonds is 4. The standard InChI is InChI=1S/C11H15N3O7/c1-20-7-6(16)5(3-15)21-9(7)14-2-4(10(17)18)8(12)13-11(14)19/h2,5-7,9,15-16H,3H2,1H3,(H,17,18)(H2,12,13,19)/t5-,6-,7-,9-/m1/s1. The molecule has 1 aromatic rings. The first-order valence-corrected chi connectivity index (χ1v) is 5.99. The summed E-state index contributed by atoms with van der Waals surface area (Å²) in [5.74, 6) is -1.78. The molecule has 116 valence electrons. The Labute approximate surface area is 118 Å². The van der Waals surface area contributed by atoms with E-state index in [1.54, 1.807) is 0 Å². The molecule has 0 aliphatic carbocycles. The third kappa shape index (κ3) is 2.61. The number of aliphatic hydroxyl groups excluding tert-OH is 2. The Hall–Kier alpha value is -2.01. The molecule has 10 heteroatoms. The summed E-state index contributed by atoms with van der Waals surface area (Å²) >= 11 is 0. The molecule has 0 radical (unpaired) electrons. The van der Waals surface area contributed by atoms with Crippen molar-refractivity contribution in [1.82, 2.24) is 9.55 Å². The zero-order valence-electron chi connectivity index (χ0n) is 11.0. The van der Waals surface area contributed by atoms with Crippen LogP contribution in [0.25, 0.3) is 0 Å². The van der Waals surface area contributed by atoms with E-state index in [4.69, 9.17) is 25.4 Å². The third-order valence-corrected chi connectivity index (χ3v) is 3.25. The van der Waals surface area contributed by atoms with Crippen molar-refractivity contribution in [3.63, 3.8) is 0 Å². The lowest BCUT2D eigenvalue weighted by Crippen LogP contribution is -2.38. The summed E-state index contributed by atoms with van der Waals surface area (Å²) < 4.78 is 11.3. The molecule has 5 N–H and O–H groups in total. The SMILES string of the molecule is CO[C@@H]1[C@H](O)[C@@H](CO)O[C@H]1n1cc(C(=O)O)c(N)nc1=O. The lowest BCUT2D eigenvalue weighted by molar-refractivity contribution is -0.0625. The smallest absolute Gasteiger partial charge is 0.351 e. The van der Waals surface area contributed by atoms with Gasteiger partial charge in [-0.25, -0.2) is 9.59 Å². The van der Waals surface area contributed by atoms with Gasteiger partial charge < -0.3 is 30.5 Å². The van der Waals surface area contributed by atoms with Crippen LogP contribution in [0.4, 0.5) is 5.82 Å². The molecule has 1 aliphatic heterocycles. The van der Waals surface area contributed by atoms with Crippen LogP contribution in [0.5, 0.6) is 0 Å². The van der Waals surface area contributed by atoms with E-state index >= 15 is 0 Å². The summed E-state index contributed by atoms with van der Waals surface area (Å²) in [7, 11) is 1.29. The van der Waals surface area contributed by atoms with Gasteiger partial charge in [0.25, 0.3) is 0 Å². The van der Waals surface area contributed by atoms with Crippen molar-refractivity contribution in [3.8, 4) is 0 Å². The molecule has 1 saturated heterocycles. The largest absolute Gasteiger partial charge is 0.478 e. The number of aromatic nitrogens is 2. The number of hydrogen-bond donors (Lipinski definition) is 4. The van der Waals surface area contributed by atoms with Crippen LogP contribution < -0.4 is 11.4 Å². The van der Waals surface area contributed by atoms with Crippen LogP contribution in [0, 0.1) is 0 Å². The Morgan fingerprint density at radius 3 is 2.81 bits per heavy atom. The molecular formula is C11H15N3O7. The van der Waals surface area contributed by atoms with Crippen LogP contribution in [-0.2, 0) is 9.47 Å². The van der Waals surface area contributed by atoms with Gasteiger partial charge >= 0.3 is 11.7 Å².